The molecule has 2 rings (SSSR count). The Morgan fingerprint density at radius 2 is 2.25 bits per heavy atom. The number of rotatable bonds is 4. The van der Waals surface area contributed by atoms with E-state index < -0.39 is 0 Å². The van der Waals surface area contributed by atoms with Crippen LogP contribution in [0.15, 0.2) is 0 Å². The summed E-state index contributed by atoms with van der Waals surface area (Å²) in [6.45, 7) is 5.54. The monoisotopic (exact) mass is 230 g/mol. The molecule has 0 saturated carbocycles. The molecule has 2 atom stereocenters. The topological polar surface area (TPSA) is 68.0 Å². The molecule has 0 aromatic heterocycles. The molecule has 3 N–H and O–H groups in total. The van der Waals surface area contributed by atoms with E-state index >= 15 is 0 Å². The minimum absolute atomic E-state index is 0.0881. The molecule has 2 aliphatic rings. The molecule has 0 aliphatic carbocycles. The minimum Gasteiger partial charge on any atom is -0.395 e. The van der Waals surface area contributed by atoms with Gasteiger partial charge in [-0.2, -0.15) is 0 Å². The summed E-state index contributed by atoms with van der Waals surface area (Å²) >= 11 is 0. The van der Waals surface area contributed by atoms with Crippen LogP contribution in [0.3, 0.4) is 0 Å². The summed E-state index contributed by atoms with van der Waals surface area (Å²) in [5.41, 5.74) is 5.96. The Morgan fingerprint density at radius 3 is 2.88 bits per heavy atom. The number of aliphatic hydroxyl groups excluding tert-OH is 1. The second kappa shape index (κ2) is 5.42. The van der Waals surface area contributed by atoms with Gasteiger partial charge in [0, 0.05) is 31.7 Å². The second-order valence-electron chi connectivity index (χ2n) is 4.89. The quantitative estimate of drug-likeness (QED) is 0.651. The summed E-state index contributed by atoms with van der Waals surface area (Å²) < 4.78 is 10.8. The lowest BCUT2D eigenvalue weighted by molar-refractivity contribution is -0.0445. The minimum atomic E-state index is 0.0881. The summed E-state index contributed by atoms with van der Waals surface area (Å²) in [4.78, 5) is 2.30. The fourth-order valence-corrected chi connectivity index (χ4v) is 2.50. The van der Waals surface area contributed by atoms with Crippen LogP contribution in [0.4, 0.5) is 0 Å². The zero-order chi connectivity index (χ0) is 11.4. The van der Waals surface area contributed by atoms with Crippen LogP contribution in [0.5, 0.6) is 0 Å². The predicted molar refractivity (Wildman–Crippen MR) is 60.2 cm³/mol. The maximum atomic E-state index is 9.31. The highest BCUT2D eigenvalue weighted by Crippen LogP contribution is 2.29. The van der Waals surface area contributed by atoms with Crippen LogP contribution in [0.25, 0.3) is 0 Å². The van der Waals surface area contributed by atoms with Gasteiger partial charge < -0.3 is 20.3 Å². The first kappa shape index (κ1) is 12.3. The Hall–Kier alpha value is -0.200. The van der Waals surface area contributed by atoms with Gasteiger partial charge in [0.1, 0.15) is 0 Å². The second-order valence-corrected chi connectivity index (χ2v) is 4.89. The molecule has 2 unspecified atom stereocenters. The summed E-state index contributed by atoms with van der Waals surface area (Å²) in [5.74, 6) is 0. The van der Waals surface area contributed by atoms with Gasteiger partial charge in [-0.15, -0.1) is 0 Å². The Kier molecular flexibility index (Phi) is 4.16. The summed E-state index contributed by atoms with van der Waals surface area (Å²) in [6, 6.07) is 0.123. The van der Waals surface area contributed by atoms with E-state index in [2.05, 4.69) is 4.90 Å². The van der Waals surface area contributed by atoms with Crippen LogP contribution >= 0.6 is 0 Å². The zero-order valence-corrected chi connectivity index (χ0v) is 9.73. The normalized spacial score (nSPS) is 36.8. The van der Waals surface area contributed by atoms with Crippen molar-refractivity contribution in [2.75, 3.05) is 52.7 Å². The van der Waals surface area contributed by atoms with Crippen molar-refractivity contribution in [3.63, 3.8) is 0 Å². The van der Waals surface area contributed by atoms with Gasteiger partial charge in [-0.25, -0.2) is 0 Å². The number of aliphatic hydroxyl groups is 1. The van der Waals surface area contributed by atoms with E-state index in [4.69, 9.17) is 15.2 Å². The van der Waals surface area contributed by atoms with Crippen molar-refractivity contribution in [2.24, 2.45) is 11.1 Å². The number of hydrogen-bond acceptors (Lipinski definition) is 5. The molecule has 0 aromatic rings. The highest BCUT2D eigenvalue weighted by molar-refractivity contribution is 4.89. The van der Waals surface area contributed by atoms with Gasteiger partial charge in [-0.3, -0.25) is 4.90 Å². The molecular formula is C11H22N2O3. The highest BCUT2D eigenvalue weighted by Gasteiger charge is 2.37. The van der Waals surface area contributed by atoms with Crippen LogP contribution in [0.1, 0.15) is 6.42 Å². The van der Waals surface area contributed by atoms with Gasteiger partial charge >= 0.3 is 0 Å². The predicted octanol–water partition coefficient (Wildman–Crippen LogP) is -0.955. The van der Waals surface area contributed by atoms with Gasteiger partial charge in [0.25, 0.3) is 0 Å². The molecule has 0 bridgehead atoms. The lowest BCUT2D eigenvalue weighted by atomic mass is 9.86. The molecule has 2 saturated heterocycles. The van der Waals surface area contributed by atoms with Crippen LogP contribution < -0.4 is 5.73 Å². The number of morpholine rings is 1. The van der Waals surface area contributed by atoms with Gasteiger partial charge in [0.2, 0.25) is 0 Å². The van der Waals surface area contributed by atoms with Gasteiger partial charge in [-0.05, 0) is 6.42 Å². The molecule has 16 heavy (non-hydrogen) atoms. The number of hydrogen-bond donors (Lipinski definition) is 2. The van der Waals surface area contributed by atoms with E-state index in [1.165, 1.54) is 0 Å². The molecule has 0 aromatic carbocycles. The molecule has 5 nitrogen and oxygen atoms in total. The first-order chi connectivity index (χ1) is 7.79. The van der Waals surface area contributed by atoms with Crippen LogP contribution in [-0.4, -0.2) is 68.7 Å². The number of nitrogens with zero attached hydrogens (tertiary/aromatic N) is 1. The van der Waals surface area contributed by atoms with Gasteiger partial charge in [-0.1, -0.05) is 0 Å². The average molecular weight is 230 g/mol. The fraction of sp³-hybridized carbons (Fsp3) is 1.00. The smallest absolute Gasteiger partial charge is 0.0644 e. The van der Waals surface area contributed by atoms with Crippen molar-refractivity contribution in [3.05, 3.63) is 0 Å². The van der Waals surface area contributed by atoms with Gasteiger partial charge in [0.05, 0.1) is 32.5 Å². The van der Waals surface area contributed by atoms with E-state index in [0.29, 0.717) is 13.2 Å². The summed E-state index contributed by atoms with van der Waals surface area (Å²) in [5, 5.41) is 9.31. The molecule has 94 valence electrons. The summed E-state index contributed by atoms with van der Waals surface area (Å²) in [6.07, 6.45) is 1.03. The van der Waals surface area contributed by atoms with E-state index in [1.54, 1.807) is 0 Å². The van der Waals surface area contributed by atoms with Gasteiger partial charge in [0.15, 0.2) is 0 Å². The summed E-state index contributed by atoms with van der Waals surface area (Å²) in [7, 11) is 0. The van der Waals surface area contributed by atoms with Crippen molar-refractivity contribution >= 4 is 0 Å². The molecule has 0 radical (unpaired) electrons. The lowest BCUT2D eigenvalue weighted by Gasteiger charge is -2.40. The molecule has 2 aliphatic heterocycles. The molecular weight excluding hydrogens is 208 g/mol. The van der Waals surface area contributed by atoms with Crippen molar-refractivity contribution in [3.8, 4) is 0 Å². The molecule has 0 amide bonds. The number of ether oxygens (including phenoxy) is 2. The van der Waals surface area contributed by atoms with E-state index in [-0.39, 0.29) is 18.1 Å². The molecule has 5 heteroatoms. The lowest BCUT2D eigenvalue weighted by Crippen LogP contribution is -2.53. The largest absolute Gasteiger partial charge is 0.395 e. The first-order valence-electron chi connectivity index (χ1n) is 6.00. The Labute approximate surface area is 96.5 Å². The number of nitrogens with two attached hydrogens (primary N) is 1. The van der Waals surface area contributed by atoms with E-state index in [9.17, 15) is 5.11 Å². The van der Waals surface area contributed by atoms with E-state index in [1.807, 2.05) is 0 Å². The van der Waals surface area contributed by atoms with Crippen LogP contribution in [-0.2, 0) is 9.47 Å². The standard InChI is InChI=1S/C11H22N2O3/c12-7-11(1-3-16-9-11)8-13-2-4-15-6-10(13)5-14/h10,14H,1-9,12H2. The third-order valence-electron chi connectivity index (χ3n) is 3.72. The van der Waals surface area contributed by atoms with Crippen molar-refractivity contribution in [2.45, 2.75) is 12.5 Å². The molecule has 2 fully saturated rings. The zero-order valence-electron chi connectivity index (χ0n) is 9.73. The highest BCUT2D eigenvalue weighted by atomic mass is 16.5. The first-order valence-corrected chi connectivity index (χ1v) is 6.00. The van der Waals surface area contributed by atoms with Crippen molar-refractivity contribution in [1.82, 2.24) is 4.90 Å². The van der Waals surface area contributed by atoms with Crippen molar-refractivity contribution < 1.29 is 14.6 Å². The van der Waals surface area contributed by atoms with Crippen LogP contribution in [0.2, 0.25) is 0 Å². The molecule has 2 heterocycles. The third kappa shape index (κ3) is 2.55. The maximum Gasteiger partial charge on any atom is 0.0644 e. The van der Waals surface area contributed by atoms with Crippen LogP contribution in [0, 0.1) is 5.41 Å². The molecule has 0 spiro atoms. The Bertz CT molecular complexity index is 219. The fourth-order valence-electron chi connectivity index (χ4n) is 2.50. The van der Waals surface area contributed by atoms with Crippen molar-refractivity contribution in [1.29, 1.82) is 0 Å². The average Bonchev–Trinajstić information content (AvgIpc) is 2.79. The maximum absolute atomic E-state index is 9.31. The Balaban J connectivity index is 1.95. The third-order valence-corrected chi connectivity index (χ3v) is 3.72. The van der Waals surface area contributed by atoms with E-state index in [0.717, 1.165) is 39.3 Å². The SMILES string of the molecule is NCC1(CN2CCOCC2CO)CCOC1. The Morgan fingerprint density at radius 1 is 1.38 bits per heavy atom.